The molecule has 0 saturated carbocycles. The molecular formula is C16H18N2O3. The second-order valence-electron chi connectivity index (χ2n) is 5.14. The van der Waals surface area contributed by atoms with Gasteiger partial charge in [0.25, 0.3) is 0 Å². The van der Waals surface area contributed by atoms with Crippen molar-refractivity contribution < 1.29 is 13.9 Å². The number of anilines is 2. The molecule has 110 valence electrons. The van der Waals surface area contributed by atoms with Crippen molar-refractivity contribution in [2.75, 3.05) is 24.3 Å². The number of furan rings is 1. The average Bonchev–Trinajstić information content (AvgIpc) is 2.96. The summed E-state index contributed by atoms with van der Waals surface area (Å²) in [6, 6.07) is 7.78. The Hall–Kier alpha value is -2.43. The number of nitrogens with zero attached hydrogens (tertiary/aromatic N) is 1. The summed E-state index contributed by atoms with van der Waals surface area (Å²) >= 11 is 0. The van der Waals surface area contributed by atoms with Gasteiger partial charge in [-0.05, 0) is 36.6 Å². The maximum absolute atomic E-state index is 11.7. The number of esters is 1. The highest BCUT2D eigenvalue weighted by molar-refractivity contribution is 5.88. The van der Waals surface area contributed by atoms with Crippen LogP contribution in [0.15, 0.2) is 34.9 Å². The van der Waals surface area contributed by atoms with Crippen LogP contribution in [-0.2, 0) is 17.7 Å². The topological polar surface area (TPSA) is 68.7 Å². The van der Waals surface area contributed by atoms with Crippen LogP contribution >= 0.6 is 0 Å². The lowest BCUT2D eigenvalue weighted by Crippen LogP contribution is -2.29. The first kappa shape index (κ1) is 13.5. The van der Waals surface area contributed by atoms with Crippen LogP contribution in [0, 0.1) is 0 Å². The highest BCUT2D eigenvalue weighted by Gasteiger charge is 2.22. The maximum atomic E-state index is 11.7. The minimum Gasteiger partial charge on any atom is -0.463 e. The number of benzene rings is 1. The summed E-state index contributed by atoms with van der Waals surface area (Å²) in [6.07, 6.45) is 3.56. The molecule has 0 spiro atoms. The van der Waals surface area contributed by atoms with Crippen molar-refractivity contribution in [3.63, 3.8) is 0 Å². The Kier molecular flexibility index (Phi) is 3.56. The fourth-order valence-corrected chi connectivity index (χ4v) is 2.83. The molecule has 0 fully saturated rings. The summed E-state index contributed by atoms with van der Waals surface area (Å²) < 4.78 is 9.99. The molecule has 5 heteroatoms. The Balaban J connectivity index is 1.89. The third kappa shape index (κ3) is 2.46. The van der Waals surface area contributed by atoms with Crippen LogP contribution in [0.5, 0.6) is 0 Å². The Morgan fingerprint density at radius 2 is 2.29 bits per heavy atom. The van der Waals surface area contributed by atoms with E-state index >= 15 is 0 Å². The van der Waals surface area contributed by atoms with E-state index in [4.69, 9.17) is 14.9 Å². The molecule has 1 aliphatic heterocycles. The molecule has 3 rings (SSSR count). The molecule has 2 N–H and O–H groups in total. The Bertz CT molecular complexity index is 663. The second-order valence-corrected chi connectivity index (χ2v) is 5.14. The van der Waals surface area contributed by atoms with E-state index in [-0.39, 0.29) is 5.76 Å². The molecule has 0 aliphatic carbocycles. The number of hydrogen-bond acceptors (Lipinski definition) is 5. The minimum absolute atomic E-state index is 0.272. The Morgan fingerprint density at radius 3 is 3.10 bits per heavy atom. The summed E-state index contributed by atoms with van der Waals surface area (Å²) in [7, 11) is 1.35. The molecule has 0 atom stereocenters. The second kappa shape index (κ2) is 5.52. The minimum atomic E-state index is -0.445. The highest BCUT2D eigenvalue weighted by Crippen LogP contribution is 2.32. The molecule has 5 nitrogen and oxygen atoms in total. The van der Waals surface area contributed by atoms with Crippen LogP contribution in [0.25, 0.3) is 0 Å². The SMILES string of the molecule is COC(=O)c1occc1CN1CCCc2c(N)cccc21. The number of carbonyl (C=O) groups is 1. The maximum Gasteiger partial charge on any atom is 0.374 e. The van der Waals surface area contributed by atoms with Crippen molar-refractivity contribution in [2.24, 2.45) is 0 Å². The molecule has 0 saturated heterocycles. The van der Waals surface area contributed by atoms with Crippen molar-refractivity contribution in [2.45, 2.75) is 19.4 Å². The quantitative estimate of drug-likeness (QED) is 0.694. The number of hydrogen-bond donors (Lipinski definition) is 1. The lowest BCUT2D eigenvalue weighted by molar-refractivity contribution is 0.0563. The fraction of sp³-hybridized carbons (Fsp3) is 0.312. The van der Waals surface area contributed by atoms with Crippen molar-refractivity contribution >= 4 is 17.3 Å². The summed E-state index contributed by atoms with van der Waals surface area (Å²) in [5, 5.41) is 0. The molecule has 2 aromatic rings. The lowest BCUT2D eigenvalue weighted by Gasteiger charge is -2.31. The van der Waals surface area contributed by atoms with E-state index in [1.165, 1.54) is 18.9 Å². The van der Waals surface area contributed by atoms with Crippen molar-refractivity contribution in [3.05, 3.63) is 47.4 Å². The molecule has 21 heavy (non-hydrogen) atoms. The molecule has 1 aromatic heterocycles. The van der Waals surface area contributed by atoms with E-state index in [1.807, 2.05) is 18.2 Å². The van der Waals surface area contributed by atoms with E-state index in [0.29, 0.717) is 6.54 Å². The first-order valence-corrected chi connectivity index (χ1v) is 6.97. The Morgan fingerprint density at radius 1 is 1.43 bits per heavy atom. The third-order valence-electron chi connectivity index (χ3n) is 3.86. The largest absolute Gasteiger partial charge is 0.463 e. The van der Waals surface area contributed by atoms with Gasteiger partial charge in [0.1, 0.15) is 0 Å². The summed E-state index contributed by atoms with van der Waals surface area (Å²) in [6.45, 7) is 1.54. The summed E-state index contributed by atoms with van der Waals surface area (Å²) in [5.74, 6) is -0.173. The predicted molar refractivity (Wildman–Crippen MR) is 80.3 cm³/mol. The zero-order valence-electron chi connectivity index (χ0n) is 12.0. The van der Waals surface area contributed by atoms with Crippen molar-refractivity contribution in [1.82, 2.24) is 0 Å². The summed E-state index contributed by atoms with van der Waals surface area (Å²) in [5.41, 5.74) is 10.0. The van der Waals surface area contributed by atoms with Gasteiger partial charge in [-0.15, -0.1) is 0 Å². The van der Waals surface area contributed by atoms with Gasteiger partial charge in [0.2, 0.25) is 5.76 Å². The van der Waals surface area contributed by atoms with E-state index in [2.05, 4.69) is 11.0 Å². The van der Waals surface area contributed by atoms with Crippen LogP contribution in [0.4, 0.5) is 11.4 Å². The molecule has 0 unspecified atom stereocenters. The van der Waals surface area contributed by atoms with E-state index < -0.39 is 5.97 Å². The van der Waals surface area contributed by atoms with Gasteiger partial charge in [0.15, 0.2) is 0 Å². The van der Waals surface area contributed by atoms with Gasteiger partial charge in [-0.2, -0.15) is 0 Å². The van der Waals surface area contributed by atoms with Gasteiger partial charge >= 0.3 is 5.97 Å². The van der Waals surface area contributed by atoms with Crippen LogP contribution in [0.1, 0.15) is 28.1 Å². The average molecular weight is 286 g/mol. The highest BCUT2D eigenvalue weighted by atomic mass is 16.5. The first-order valence-electron chi connectivity index (χ1n) is 6.97. The van der Waals surface area contributed by atoms with Crippen molar-refractivity contribution in [3.8, 4) is 0 Å². The van der Waals surface area contributed by atoms with E-state index in [0.717, 1.165) is 36.3 Å². The lowest BCUT2D eigenvalue weighted by atomic mass is 9.99. The molecule has 2 heterocycles. The summed E-state index contributed by atoms with van der Waals surface area (Å²) in [4.78, 5) is 13.9. The zero-order chi connectivity index (χ0) is 14.8. The van der Waals surface area contributed by atoms with Gasteiger partial charge < -0.3 is 19.8 Å². The molecule has 0 radical (unpaired) electrons. The standard InChI is InChI=1S/C16H18N2O3/c1-20-16(19)15-11(7-9-21-15)10-18-8-3-4-12-13(17)5-2-6-14(12)18/h2,5-7,9H,3-4,8,10,17H2,1H3. The fourth-order valence-electron chi connectivity index (χ4n) is 2.83. The number of ether oxygens (including phenoxy) is 1. The number of rotatable bonds is 3. The number of nitrogen functional groups attached to an aromatic ring is 1. The number of carbonyl (C=O) groups excluding carboxylic acids is 1. The van der Waals surface area contributed by atoms with Crippen LogP contribution in [0.2, 0.25) is 0 Å². The predicted octanol–water partition coefficient (Wildman–Crippen LogP) is 2.60. The Labute approximate surface area is 123 Å². The normalized spacial score (nSPS) is 13.9. The van der Waals surface area contributed by atoms with E-state index in [1.54, 1.807) is 0 Å². The monoisotopic (exact) mass is 286 g/mol. The van der Waals surface area contributed by atoms with Gasteiger partial charge in [-0.3, -0.25) is 0 Å². The van der Waals surface area contributed by atoms with Gasteiger partial charge in [-0.1, -0.05) is 6.07 Å². The first-order chi connectivity index (χ1) is 10.2. The number of fused-ring (bicyclic) bond motifs is 1. The van der Waals surface area contributed by atoms with E-state index in [9.17, 15) is 4.79 Å². The van der Waals surface area contributed by atoms with Crippen LogP contribution in [-0.4, -0.2) is 19.6 Å². The molecule has 1 aromatic carbocycles. The smallest absolute Gasteiger partial charge is 0.374 e. The number of nitrogens with two attached hydrogens (primary N) is 1. The van der Waals surface area contributed by atoms with Crippen molar-refractivity contribution in [1.29, 1.82) is 0 Å². The zero-order valence-corrected chi connectivity index (χ0v) is 12.0. The molecule has 0 amide bonds. The van der Waals surface area contributed by atoms with Crippen LogP contribution in [0.3, 0.4) is 0 Å². The third-order valence-corrected chi connectivity index (χ3v) is 3.86. The van der Waals surface area contributed by atoms with Gasteiger partial charge in [0.05, 0.1) is 13.4 Å². The molecule has 1 aliphatic rings. The van der Waals surface area contributed by atoms with Gasteiger partial charge in [0, 0.05) is 30.0 Å². The molecular weight excluding hydrogens is 268 g/mol. The van der Waals surface area contributed by atoms with Gasteiger partial charge in [-0.25, -0.2) is 4.79 Å². The van der Waals surface area contributed by atoms with Crippen LogP contribution < -0.4 is 10.6 Å². The molecule has 0 bridgehead atoms. The number of methoxy groups -OCH3 is 1.